The summed E-state index contributed by atoms with van der Waals surface area (Å²) in [6.45, 7) is 4.82. The first-order valence-electron chi connectivity index (χ1n) is 7.17. The minimum Gasteiger partial charge on any atom is -0.385 e. The number of anilines is 1. The lowest BCUT2D eigenvalue weighted by atomic mass is 10.1. The molecule has 0 aliphatic carbocycles. The molecule has 0 heterocycles. The first kappa shape index (κ1) is 16.0. The van der Waals surface area contributed by atoms with Gasteiger partial charge in [-0.25, -0.2) is 8.42 Å². The molecule has 0 aliphatic rings. The van der Waals surface area contributed by atoms with Gasteiger partial charge in [0.2, 0.25) is 0 Å². The molecule has 0 amide bonds. The average molecular weight is 283 g/mol. The van der Waals surface area contributed by atoms with Crippen LogP contribution in [0.4, 0.5) is 5.69 Å². The Kier molecular flexibility index (Phi) is 6.92. The Balaban J connectivity index is 2.37. The highest BCUT2D eigenvalue weighted by molar-refractivity contribution is 7.91. The third-order valence-electron chi connectivity index (χ3n) is 3.20. The van der Waals surface area contributed by atoms with Crippen LogP contribution in [0.5, 0.6) is 0 Å². The average Bonchev–Trinajstić information content (AvgIpc) is 2.43. The summed E-state index contributed by atoms with van der Waals surface area (Å²) in [4.78, 5) is 0.406. The zero-order valence-electron chi connectivity index (χ0n) is 12.0. The summed E-state index contributed by atoms with van der Waals surface area (Å²) >= 11 is 0. The van der Waals surface area contributed by atoms with Gasteiger partial charge in [-0.1, -0.05) is 39.5 Å². The van der Waals surface area contributed by atoms with Crippen LogP contribution in [0.2, 0.25) is 0 Å². The van der Waals surface area contributed by atoms with Crippen molar-refractivity contribution in [2.24, 2.45) is 0 Å². The molecule has 0 radical (unpaired) electrons. The van der Waals surface area contributed by atoms with Crippen molar-refractivity contribution >= 4 is 15.5 Å². The zero-order valence-corrected chi connectivity index (χ0v) is 12.8. The van der Waals surface area contributed by atoms with Crippen molar-refractivity contribution in [1.82, 2.24) is 0 Å². The summed E-state index contributed by atoms with van der Waals surface area (Å²) in [7, 11) is -3.08. The lowest BCUT2D eigenvalue weighted by molar-refractivity contribution is 0.597. The number of rotatable bonds is 9. The molecule has 0 saturated heterocycles. The van der Waals surface area contributed by atoms with E-state index >= 15 is 0 Å². The molecule has 1 rings (SSSR count). The highest BCUT2D eigenvalue weighted by Crippen LogP contribution is 2.15. The summed E-state index contributed by atoms with van der Waals surface area (Å²) in [6, 6.07) is 7.04. The lowest BCUT2D eigenvalue weighted by Crippen LogP contribution is -2.05. The Labute approximate surface area is 117 Å². The Bertz CT molecular complexity index is 452. The maximum absolute atomic E-state index is 11.7. The summed E-state index contributed by atoms with van der Waals surface area (Å²) in [5.41, 5.74) is 0.991. The largest absolute Gasteiger partial charge is 0.385 e. The number of sulfone groups is 1. The Hall–Kier alpha value is -1.03. The fraction of sp³-hybridized carbons (Fsp3) is 0.600. The van der Waals surface area contributed by atoms with Gasteiger partial charge < -0.3 is 5.32 Å². The first-order chi connectivity index (χ1) is 9.10. The summed E-state index contributed by atoms with van der Waals surface area (Å²) < 4.78 is 23.3. The molecule has 19 heavy (non-hydrogen) atoms. The minimum atomic E-state index is -3.08. The van der Waals surface area contributed by atoms with E-state index in [1.165, 1.54) is 25.7 Å². The second kappa shape index (κ2) is 8.20. The molecule has 0 aromatic heterocycles. The van der Waals surface area contributed by atoms with Gasteiger partial charge in [0.15, 0.2) is 9.84 Å². The number of unbranched alkanes of at least 4 members (excludes halogenated alkanes) is 4. The predicted molar refractivity (Wildman–Crippen MR) is 81.4 cm³/mol. The molecule has 1 aromatic carbocycles. The standard InChI is InChI=1S/C15H25NO2S/c1-3-5-6-7-8-13-16-14-9-11-15(12-10-14)19(17,18)4-2/h9-12,16H,3-8,13H2,1-2H3. The summed E-state index contributed by atoms with van der Waals surface area (Å²) in [6.07, 6.45) is 6.29. The SMILES string of the molecule is CCCCCCCNc1ccc(S(=O)(=O)CC)cc1. The Morgan fingerprint density at radius 2 is 1.58 bits per heavy atom. The molecular formula is C15H25NO2S. The van der Waals surface area contributed by atoms with E-state index in [9.17, 15) is 8.42 Å². The molecule has 0 saturated carbocycles. The number of hydrogen-bond donors (Lipinski definition) is 1. The van der Waals surface area contributed by atoms with Gasteiger partial charge in [0.1, 0.15) is 0 Å². The quantitative estimate of drug-likeness (QED) is 0.700. The van der Waals surface area contributed by atoms with E-state index in [0.717, 1.165) is 18.7 Å². The lowest BCUT2D eigenvalue weighted by Gasteiger charge is -2.07. The molecule has 1 N–H and O–H groups in total. The number of benzene rings is 1. The van der Waals surface area contributed by atoms with Gasteiger partial charge in [-0.15, -0.1) is 0 Å². The molecule has 0 fully saturated rings. The molecule has 0 atom stereocenters. The summed E-state index contributed by atoms with van der Waals surface area (Å²) in [5.74, 6) is 0.150. The molecule has 0 bridgehead atoms. The molecule has 108 valence electrons. The molecule has 0 aliphatic heterocycles. The minimum absolute atomic E-state index is 0.150. The monoisotopic (exact) mass is 283 g/mol. The van der Waals surface area contributed by atoms with Crippen molar-refractivity contribution in [3.63, 3.8) is 0 Å². The van der Waals surface area contributed by atoms with E-state index in [2.05, 4.69) is 12.2 Å². The van der Waals surface area contributed by atoms with Crippen LogP contribution in [-0.2, 0) is 9.84 Å². The molecule has 4 heteroatoms. The predicted octanol–water partition coefficient (Wildman–Crippen LogP) is 3.86. The van der Waals surface area contributed by atoms with Crippen molar-refractivity contribution in [2.45, 2.75) is 50.8 Å². The molecule has 3 nitrogen and oxygen atoms in total. The third kappa shape index (κ3) is 5.64. The van der Waals surface area contributed by atoms with E-state index in [4.69, 9.17) is 0 Å². The zero-order chi connectivity index (χ0) is 14.1. The van der Waals surface area contributed by atoms with E-state index in [0.29, 0.717) is 4.90 Å². The fourth-order valence-electron chi connectivity index (χ4n) is 1.91. The van der Waals surface area contributed by atoms with Gasteiger partial charge >= 0.3 is 0 Å². The van der Waals surface area contributed by atoms with Crippen molar-refractivity contribution in [2.75, 3.05) is 17.6 Å². The smallest absolute Gasteiger partial charge is 0.178 e. The van der Waals surface area contributed by atoms with Gasteiger partial charge in [-0.2, -0.15) is 0 Å². The second-order valence-corrected chi connectivity index (χ2v) is 7.05. The first-order valence-corrected chi connectivity index (χ1v) is 8.82. The maximum Gasteiger partial charge on any atom is 0.178 e. The molecular weight excluding hydrogens is 258 g/mol. The van der Waals surface area contributed by atoms with Crippen LogP contribution in [-0.4, -0.2) is 20.7 Å². The van der Waals surface area contributed by atoms with Gasteiger partial charge in [0.05, 0.1) is 10.6 Å². The van der Waals surface area contributed by atoms with Crippen LogP contribution in [0.25, 0.3) is 0 Å². The van der Waals surface area contributed by atoms with Gasteiger partial charge in [-0.05, 0) is 30.7 Å². The normalized spacial score (nSPS) is 11.5. The van der Waals surface area contributed by atoms with Gasteiger partial charge in [-0.3, -0.25) is 0 Å². The van der Waals surface area contributed by atoms with Crippen LogP contribution >= 0.6 is 0 Å². The van der Waals surface area contributed by atoms with Crippen molar-refractivity contribution in [3.05, 3.63) is 24.3 Å². The van der Waals surface area contributed by atoms with E-state index < -0.39 is 9.84 Å². The Morgan fingerprint density at radius 1 is 0.947 bits per heavy atom. The fourth-order valence-corrected chi connectivity index (χ4v) is 2.79. The van der Waals surface area contributed by atoms with Crippen LogP contribution in [0.3, 0.4) is 0 Å². The van der Waals surface area contributed by atoms with E-state index in [1.807, 2.05) is 12.1 Å². The highest BCUT2D eigenvalue weighted by Gasteiger charge is 2.10. The van der Waals surface area contributed by atoms with Crippen molar-refractivity contribution in [1.29, 1.82) is 0 Å². The topological polar surface area (TPSA) is 46.2 Å². The van der Waals surface area contributed by atoms with Crippen LogP contribution in [0, 0.1) is 0 Å². The number of hydrogen-bond acceptors (Lipinski definition) is 3. The van der Waals surface area contributed by atoms with Gasteiger partial charge in [0, 0.05) is 12.2 Å². The maximum atomic E-state index is 11.7. The molecule has 0 unspecified atom stereocenters. The molecule has 0 spiro atoms. The third-order valence-corrected chi connectivity index (χ3v) is 4.95. The van der Waals surface area contributed by atoms with Gasteiger partial charge in [0.25, 0.3) is 0 Å². The molecule has 1 aromatic rings. The highest BCUT2D eigenvalue weighted by atomic mass is 32.2. The summed E-state index contributed by atoms with van der Waals surface area (Å²) in [5, 5.41) is 3.32. The second-order valence-electron chi connectivity index (χ2n) is 4.77. The van der Waals surface area contributed by atoms with Crippen molar-refractivity contribution < 1.29 is 8.42 Å². The Morgan fingerprint density at radius 3 is 2.16 bits per heavy atom. The van der Waals surface area contributed by atoms with Crippen LogP contribution < -0.4 is 5.32 Å². The van der Waals surface area contributed by atoms with E-state index in [1.54, 1.807) is 19.1 Å². The van der Waals surface area contributed by atoms with Crippen molar-refractivity contribution in [3.8, 4) is 0 Å². The number of nitrogens with one attached hydrogen (secondary N) is 1. The van der Waals surface area contributed by atoms with Crippen LogP contribution in [0.15, 0.2) is 29.2 Å². The van der Waals surface area contributed by atoms with E-state index in [-0.39, 0.29) is 5.75 Å². The van der Waals surface area contributed by atoms with Crippen LogP contribution in [0.1, 0.15) is 46.0 Å².